The lowest BCUT2D eigenvalue weighted by Crippen LogP contribution is -2.21. The summed E-state index contributed by atoms with van der Waals surface area (Å²) in [5, 5.41) is 0. The van der Waals surface area contributed by atoms with E-state index in [1.54, 1.807) is 6.07 Å². The van der Waals surface area contributed by atoms with Crippen molar-refractivity contribution in [2.24, 2.45) is 0 Å². The van der Waals surface area contributed by atoms with Gasteiger partial charge in [-0.05, 0) is 53.7 Å². The fraction of sp³-hybridized carbons (Fsp3) is 0.417. The van der Waals surface area contributed by atoms with Crippen LogP contribution in [0.2, 0.25) is 0 Å². The first kappa shape index (κ1) is 13.7. The summed E-state index contributed by atoms with van der Waals surface area (Å²) >= 11 is 7.33. The number of fused-ring (bicyclic) bond motifs is 1. The van der Waals surface area contributed by atoms with Crippen molar-refractivity contribution in [1.82, 2.24) is 9.55 Å². The van der Waals surface area contributed by atoms with E-state index in [0.29, 0.717) is 19.8 Å². The van der Waals surface area contributed by atoms with E-state index >= 15 is 0 Å². The van der Waals surface area contributed by atoms with E-state index in [2.05, 4.69) is 4.98 Å². The van der Waals surface area contributed by atoms with Gasteiger partial charge in [-0.15, -0.1) is 0 Å². The van der Waals surface area contributed by atoms with Crippen LogP contribution in [0.1, 0.15) is 18.9 Å². The molecule has 2 aromatic rings. The molecule has 2 heterocycles. The number of aromatic nitrogens is 2. The molecule has 0 spiro atoms. The molecule has 0 aliphatic carbocycles. The summed E-state index contributed by atoms with van der Waals surface area (Å²) < 4.78 is 28.4. The van der Waals surface area contributed by atoms with Crippen LogP contribution in [0.5, 0.6) is 0 Å². The van der Waals surface area contributed by atoms with Gasteiger partial charge in [-0.2, -0.15) is 0 Å². The van der Waals surface area contributed by atoms with Gasteiger partial charge in [0.1, 0.15) is 5.82 Å². The van der Waals surface area contributed by atoms with E-state index in [0.717, 1.165) is 23.9 Å². The average molecular weight is 410 g/mol. The lowest BCUT2D eigenvalue weighted by molar-refractivity contribution is 0.468. The third kappa shape index (κ3) is 2.52. The van der Waals surface area contributed by atoms with Crippen molar-refractivity contribution in [3.05, 3.63) is 26.3 Å². The van der Waals surface area contributed by atoms with Crippen molar-refractivity contribution in [2.45, 2.75) is 18.9 Å². The third-order valence-corrected chi connectivity index (χ3v) is 5.99. The fourth-order valence-corrected chi connectivity index (χ4v) is 4.62. The maximum absolute atomic E-state index is 13.7. The van der Waals surface area contributed by atoms with E-state index in [1.807, 2.05) is 27.2 Å². The summed E-state index contributed by atoms with van der Waals surface area (Å²) in [5.41, 5.74) is 1.67. The highest BCUT2D eigenvalue weighted by molar-refractivity contribution is 14.1. The lowest BCUT2D eigenvalue weighted by atomic mass is 10.1. The van der Waals surface area contributed by atoms with Gasteiger partial charge in [-0.25, -0.2) is 4.39 Å². The van der Waals surface area contributed by atoms with E-state index in [9.17, 15) is 8.60 Å². The van der Waals surface area contributed by atoms with Gasteiger partial charge in [0, 0.05) is 34.4 Å². The number of imidazole rings is 1. The Morgan fingerprint density at radius 2 is 2.11 bits per heavy atom. The Kier molecular flexibility index (Phi) is 3.78. The molecule has 3 rings (SSSR count). The topological polar surface area (TPSA) is 37.8 Å². The molecule has 1 saturated heterocycles. The van der Waals surface area contributed by atoms with Crippen LogP contribution in [0, 0.1) is 14.2 Å². The molecule has 102 valence electrons. The van der Waals surface area contributed by atoms with Crippen LogP contribution in [0.25, 0.3) is 11.0 Å². The highest BCUT2D eigenvalue weighted by Crippen LogP contribution is 2.29. The zero-order chi connectivity index (χ0) is 13.6. The SMILES string of the molecule is O=S1CCC(n2c(=S)[nH]c3cc(I)c(F)cc32)CC1. The van der Waals surface area contributed by atoms with E-state index < -0.39 is 10.8 Å². The van der Waals surface area contributed by atoms with Crippen molar-refractivity contribution in [3.63, 3.8) is 0 Å². The molecule has 1 aromatic carbocycles. The fourth-order valence-electron chi connectivity index (χ4n) is 2.52. The number of nitrogens with zero attached hydrogens (tertiary/aromatic N) is 1. The highest BCUT2D eigenvalue weighted by atomic mass is 127. The zero-order valence-corrected chi connectivity index (χ0v) is 13.8. The number of hydrogen-bond acceptors (Lipinski definition) is 2. The standard InChI is InChI=1S/C12H12FIN2OS2/c13-8-5-11-10(6-9(8)14)15-12(18)16(11)7-1-3-19(17)4-2-7/h5-7H,1-4H2,(H,15,18). The molecule has 1 N–H and O–H groups in total. The summed E-state index contributed by atoms with van der Waals surface area (Å²) in [6, 6.07) is 3.53. The van der Waals surface area contributed by atoms with Crippen molar-refractivity contribution in [3.8, 4) is 0 Å². The maximum atomic E-state index is 13.7. The summed E-state index contributed by atoms with van der Waals surface area (Å²) in [5.74, 6) is 1.17. The van der Waals surface area contributed by atoms with Crippen LogP contribution in [-0.2, 0) is 10.8 Å². The largest absolute Gasteiger partial charge is 0.331 e. The molecule has 0 unspecified atom stereocenters. The summed E-state index contributed by atoms with van der Waals surface area (Å²) in [7, 11) is -0.704. The van der Waals surface area contributed by atoms with E-state index in [4.69, 9.17) is 12.2 Å². The molecule has 1 aromatic heterocycles. The summed E-state index contributed by atoms with van der Waals surface area (Å²) in [6.07, 6.45) is 1.67. The van der Waals surface area contributed by atoms with Gasteiger partial charge >= 0.3 is 0 Å². The van der Waals surface area contributed by atoms with Crippen LogP contribution in [0.3, 0.4) is 0 Å². The van der Waals surface area contributed by atoms with Crippen LogP contribution in [-0.4, -0.2) is 25.3 Å². The second-order valence-corrected chi connectivity index (χ2v) is 7.91. The van der Waals surface area contributed by atoms with Gasteiger partial charge in [0.05, 0.1) is 14.6 Å². The number of benzene rings is 1. The smallest absolute Gasteiger partial charge is 0.178 e. The Balaban J connectivity index is 2.12. The Morgan fingerprint density at radius 3 is 2.79 bits per heavy atom. The molecule has 0 atom stereocenters. The Hall–Kier alpha value is -0.280. The van der Waals surface area contributed by atoms with Crippen LogP contribution in [0.15, 0.2) is 12.1 Å². The molecule has 0 saturated carbocycles. The van der Waals surface area contributed by atoms with Crippen LogP contribution >= 0.6 is 34.8 Å². The zero-order valence-electron chi connectivity index (χ0n) is 9.99. The Labute approximate surface area is 131 Å². The van der Waals surface area contributed by atoms with Gasteiger partial charge in [0.2, 0.25) is 0 Å². The first-order valence-corrected chi connectivity index (χ1v) is 8.98. The second kappa shape index (κ2) is 5.25. The predicted molar refractivity (Wildman–Crippen MR) is 85.9 cm³/mol. The first-order valence-electron chi connectivity index (χ1n) is 6.00. The van der Waals surface area contributed by atoms with Gasteiger partial charge in [-0.3, -0.25) is 4.21 Å². The number of rotatable bonds is 1. The van der Waals surface area contributed by atoms with Crippen molar-refractivity contribution >= 4 is 56.6 Å². The number of H-pyrrole nitrogens is 1. The quantitative estimate of drug-likeness (QED) is 0.577. The number of hydrogen-bond donors (Lipinski definition) is 1. The van der Waals surface area contributed by atoms with Gasteiger partial charge < -0.3 is 9.55 Å². The minimum Gasteiger partial charge on any atom is -0.331 e. The predicted octanol–water partition coefficient (Wildman–Crippen LogP) is 3.53. The first-order chi connectivity index (χ1) is 9.06. The molecular formula is C12H12FIN2OS2. The third-order valence-electron chi connectivity index (χ3n) is 3.48. The molecule has 1 aliphatic heterocycles. The molecule has 3 nitrogen and oxygen atoms in total. The van der Waals surface area contributed by atoms with Gasteiger partial charge in [0.15, 0.2) is 4.77 Å². The molecule has 0 radical (unpaired) electrons. The van der Waals surface area contributed by atoms with Crippen molar-refractivity contribution in [1.29, 1.82) is 0 Å². The summed E-state index contributed by atoms with van der Waals surface area (Å²) in [4.78, 5) is 3.13. The minimum atomic E-state index is -0.704. The highest BCUT2D eigenvalue weighted by Gasteiger charge is 2.22. The molecular weight excluding hydrogens is 398 g/mol. The average Bonchev–Trinajstić information content (AvgIpc) is 2.67. The molecule has 0 bridgehead atoms. The van der Waals surface area contributed by atoms with Crippen LogP contribution < -0.4 is 0 Å². The lowest BCUT2D eigenvalue weighted by Gasteiger charge is -2.23. The number of nitrogens with one attached hydrogen (secondary N) is 1. The molecule has 19 heavy (non-hydrogen) atoms. The summed E-state index contributed by atoms with van der Waals surface area (Å²) in [6.45, 7) is 0. The Bertz CT molecular complexity index is 714. The van der Waals surface area contributed by atoms with Crippen molar-refractivity contribution in [2.75, 3.05) is 11.5 Å². The van der Waals surface area contributed by atoms with E-state index in [-0.39, 0.29) is 11.9 Å². The minimum absolute atomic E-state index is 0.221. The van der Waals surface area contributed by atoms with E-state index in [1.165, 1.54) is 6.07 Å². The second-order valence-electron chi connectivity index (χ2n) is 4.66. The Morgan fingerprint density at radius 1 is 1.42 bits per heavy atom. The number of halogens is 2. The normalized spacial score (nSPS) is 23.9. The number of aromatic amines is 1. The molecule has 1 fully saturated rings. The van der Waals surface area contributed by atoms with Gasteiger partial charge in [0.25, 0.3) is 0 Å². The maximum Gasteiger partial charge on any atom is 0.178 e. The molecule has 0 amide bonds. The van der Waals surface area contributed by atoms with Crippen molar-refractivity contribution < 1.29 is 8.60 Å². The molecule has 7 heteroatoms. The van der Waals surface area contributed by atoms with Crippen LogP contribution in [0.4, 0.5) is 4.39 Å². The molecule has 1 aliphatic rings. The monoisotopic (exact) mass is 410 g/mol. The van der Waals surface area contributed by atoms with Gasteiger partial charge in [-0.1, -0.05) is 0 Å².